The molecule has 3 N–H and O–H groups in total. The van der Waals surface area contributed by atoms with Crippen LogP contribution in [0.1, 0.15) is 5.56 Å². The summed E-state index contributed by atoms with van der Waals surface area (Å²) in [5.74, 6) is 3.89. The minimum atomic E-state index is -3.89. The molecule has 20 heavy (non-hydrogen) atoms. The zero-order valence-corrected chi connectivity index (χ0v) is 10.9. The molecule has 1 aromatic carbocycles. The maximum absolute atomic E-state index is 13.7. The molecular formula is C12H10FN3O3S. The van der Waals surface area contributed by atoms with Crippen molar-refractivity contribution in [2.45, 2.75) is 4.90 Å². The summed E-state index contributed by atoms with van der Waals surface area (Å²) in [4.78, 5) is -0.231. The lowest BCUT2D eigenvalue weighted by atomic mass is 10.2. The van der Waals surface area contributed by atoms with Crippen molar-refractivity contribution < 1.29 is 17.9 Å². The molecule has 0 fully saturated rings. The Morgan fingerprint density at radius 3 is 2.85 bits per heavy atom. The minimum absolute atomic E-state index is 0.0151. The Labute approximate surface area is 114 Å². The molecule has 0 saturated heterocycles. The van der Waals surface area contributed by atoms with Gasteiger partial charge in [-0.1, -0.05) is 11.8 Å². The predicted molar refractivity (Wildman–Crippen MR) is 69.8 cm³/mol. The quantitative estimate of drug-likeness (QED) is 0.726. The summed E-state index contributed by atoms with van der Waals surface area (Å²) >= 11 is 0. The topological polar surface area (TPSA) is 95.1 Å². The van der Waals surface area contributed by atoms with Crippen molar-refractivity contribution >= 4 is 15.7 Å². The van der Waals surface area contributed by atoms with E-state index in [9.17, 15) is 12.8 Å². The summed E-state index contributed by atoms with van der Waals surface area (Å²) in [6.07, 6.45) is 2.64. The maximum Gasteiger partial charge on any atom is 0.262 e. The number of hydrogen-bond acceptors (Lipinski definition) is 4. The van der Waals surface area contributed by atoms with E-state index in [2.05, 4.69) is 26.8 Å². The molecule has 0 radical (unpaired) electrons. The van der Waals surface area contributed by atoms with Gasteiger partial charge in [0.05, 0.1) is 22.3 Å². The van der Waals surface area contributed by atoms with Crippen LogP contribution in [0.4, 0.5) is 10.1 Å². The van der Waals surface area contributed by atoms with Gasteiger partial charge in [0.2, 0.25) is 0 Å². The average Bonchev–Trinajstić information content (AvgIpc) is 2.89. The van der Waals surface area contributed by atoms with Gasteiger partial charge in [0, 0.05) is 6.20 Å². The van der Waals surface area contributed by atoms with Gasteiger partial charge in [-0.2, -0.15) is 5.10 Å². The highest BCUT2D eigenvalue weighted by Gasteiger charge is 2.16. The van der Waals surface area contributed by atoms with E-state index in [-0.39, 0.29) is 16.1 Å². The van der Waals surface area contributed by atoms with Crippen molar-refractivity contribution in [1.82, 2.24) is 10.2 Å². The lowest BCUT2D eigenvalue weighted by molar-refractivity contribution is 0.350. The van der Waals surface area contributed by atoms with E-state index in [1.807, 2.05) is 0 Å². The molecule has 8 heteroatoms. The molecule has 0 amide bonds. The SMILES string of the molecule is O=S(=O)(Nc1cn[nH]c1)c1ccc(C#CCO)c(F)c1. The highest BCUT2D eigenvalue weighted by molar-refractivity contribution is 7.92. The number of sulfonamides is 1. The minimum Gasteiger partial charge on any atom is -0.384 e. The second kappa shape index (κ2) is 5.73. The third kappa shape index (κ3) is 3.14. The molecule has 1 aromatic heterocycles. The Hall–Kier alpha value is -2.37. The molecule has 2 aromatic rings. The summed E-state index contributed by atoms with van der Waals surface area (Å²) < 4.78 is 39.9. The molecule has 0 unspecified atom stereocenters. The number of aromatic amines is 1. The second-order valence-electron chi connectivity index (χ2n) is 3.69. The molecule has 0 aliphatic rings. The lowest BCUT2D eigenvalue weighted by Crippen LogP contribution is -2.12. The molecule has 0 aliphatic carbocycles. The fraction of sp³-hybridized carbons (Fsp3) is 0.0833. The van der Waals surface area contributed by atoms with Crippen molar-refractivity contribution in [3.05, 3.63) is 42.0 Å². The number of benzene rings is 1. The van der Waals surface area contributed by atoms with E-state index < -0.39 is 22.4 Å². The van der Waals surface area contributed by atoms with E-state index >= 15 is 0 Å². The second-order valence-corrected chi connectivity index (χ2v) is 5.38. The monoisotopic (exact) mass is 295 g/mol. The number of hydrogen-bond donors (Lipinski definition) is 3. The van der Waals surface area contributed by atoms with Crippen molar-refractivity contribution in [3.63, 3.8) is 0 Å². The number of halogens is 1. The first kappa shape index (κ1) is 14.0. The van der Waals surface area contributed by atoms with Gasteiger partial charge in [-0.05, 0) is 18.2 Å². The van der Waals surface area contributed by atoms with Crippen molar-refractivity contribution in [1.29, 1.82) is 0 Å². The van der Waals surface area contributed by atoms with Crippen LogP contribution in [-0.4, -0.2) is 30.3 Å². The molecule has 0 saturated carbocycles. The van der Waals surface area contributed by atoms with Crippen molar-refractivity contribution in [2.75, 3.05) is 11.3 Å². The zero-order chi connectivity index (χ0) is 14.6. The smallest absolute Gasteiger partial charge is 0.262 e. The first-order chi connectivity index (χ1) is 9.53. The summed E-state index contributed by atoms with van der Waals surface area (Å²) in [5, 5.41) is 14.6. The van der Waals surface area contributed by atoms with E-state index in [0.29, 0.717) is 0 Å². The summed E-state index contributed by atoms with van der Waals surface area (Å²) in [6.45, 7) is -0.401. The van der Waals surface area contributed by atoms with Gasteiger partial charge in [0.1, 0.15) is 12.4 Å². The van der Waals surface area contributed by atoms with E-state index in [1.54, 1.807) is 0 Å². The molecule has 6 nitrogen and oxygen atoms in total. The van der Waals surface area contributed by atoms with Crippen LogP contribution in [0.3, 0.4) is 0 Å². The third-order valence-electron chi connectivity index (χ3n) is 2.30. The molecule has 104 valence electrons. The number of aromatic nitrogens is 2. The van der Waals surface area contributed by atoms with Crippen LogP contribution in [0.5, 0.6) is 0 Å². The standard InChI is InChI=1S/C12H10FN3O3S/c13-12-6-11(4-3-9(12)2-1-5-17)20(18,19)16-10-7-14-15-8-10/h3-4,6-8,16-17H,5H2,(H,14,15). The number of nitrogens with zero attached hydrogens (tertiary/aromatic N) is 1. The Kier molecular flexibility index (Phi) is 4.02. The Morgan fingerprint density at radius 1 is 1.45 bits per heavy atom. The summed E-state index contributed by atoms with van der Waals surface area (Å²) in [7, 11) is -3.89. The zero-order valence-electron chi connectivity index (χ0n) is 10.1. The number of anilines is 1. The van der Waals surface area contributed by atoms with Gasteiger partial charge in [-0.15, -0.1) is 0 Å². The van der Waals surface area contributed by atoms with Gasteiger partial charge in [-0.3, -0.25) is 9.82 Å². The Morgan fingerprint density at radius 2 is 2.25 bits per heavy atom. The van der Waals surface area contributed by atoms with Crippen molar-refractivity contribution in [2.24, 2.45) is 0 Å². The Bertz CT molecular complexity index is 761. The van der Waals surface area contributed by atoms with Crippen LogP contribution < -0.4 is 4.72 Å². The van der Waals surface area contributed by atoms with Gasteiger partial charge in [0.15, 0.2) is 0 Å². The molecule has 0 bridgehead atoms. The first-order valence-corrected chi connectivity index (χ1v) is 6.92. The molecule has 0 atom stereocenters. The maximum atomic E-state index is 13.7. The normalized spacial score (nSPS) is 10.7. The fourth-order valence-corrected chi connectivity index (χ4v) is 2.47. The fourth-order valence-electron chi connectivity index (χ4n) is 1.42. The highest BCUT2D eigenvalue weighted by Crippen LogP contribution is 2.17. The molecular weight excluding hydrogens is 285 g/mol. The largest absolute Gasteiger partial charge is 0.384 e. The highest BCUT2D eigenvalue weighted by atomic mass is 32.2. The van der Waals surface area contributed by atoms with Gasteiger partial charge in [-0.25, -0.2) is 12.8 Å². The van der Waals surface area contributed by atoms with E-state index in [1.165, 1.54) is 24.5 Å². The van der Waals surface area contributed by atoms with Crippen LogP contribution in [0, 0.1) is 17.7 Å². The average molecular weight is 295 g/mol. The number of aliphatic hydroxyl groups is 1. The van der Waals surface area contributed by atoms with Gasteiger partial charge < -0.3 is 5.11 Å². The third-order valence-corrected chi connectivity index (χ3v) is 3.68. The van der Waals surface area contributed by atoms with Crippen LogP contribution in [0.25, 0.3) is 0 Å². The number of aliphatic hydroxyl groups excluding tert-OH is 1. The molecule has 0 spiro atoms. The number of nitrogens with one attached hydrogen (secondary N) is 2. The summed E-state index contributed by atoms with van der Waals surface area (Å²) in [6, 6.07) is 3.33. The van der Waals surface area contributed by atoms with Crippen LogP contribution in [0.2, 0.25) is 0 Å². The van der Waals surface area contributed by atoms with Crippen LogP contribution in [0.15, 0.2) is 35.5 Å². The van der Waals surface area contributed by atoms with Crippen molar-refractivity contribution in [3.8, 4) is 11.8 Å². The lowest BCUT2D eigenvalue weighted by Gasteiger charge is -2.06. The Balaban J connectivity index is 2.31. The number of H-pyrrole nitrogens is 1. The van der Waals surface area contributed by atoms with Gasteiger partial charge >= 0.3 is 0 Å². The molecule has 2 rings (SSSR count). The van der Waals surface area contributed by atoms with E-state index in [4.69, 9.17) is 5.11 Å². The molecule has 1 heterocycles. The van der Waals surface area contributed by atoms with Crippen LogP contribution in [-0.2, 0) is 10.0 Å². The van der Waals surface area contributed by atoms with E-state index in [0.717, 1.165) is 6.07 Å². The molecule has 0 aliphatic heterocycles. The number of rotatable bonds is 3. The first-order valence-electron chi connectivity index (χ1n) is 5.44. The summed E-state index contributed by atoms with van der Waals surface area (Å²) in [5.41, 5.74) is 0.260. The predicted octanol–water partition coefficient (Wildman–Crippen LogP) is 0.693. The van der Waals surface area contributed by atoms with Gasteiger partial charge in [0.25, 0.3) is 10.0 Å². The van der Waals surface area contributed by atoms with Crippen LogP contribution >= 0.6 is 0 Å².